The molecule has 1 aromatic heterocycles. The zero-order valence-corrected chi connectivity index (χ0v) is 19.1. The van der Waals surface area contributed by atoms with E-state index in [1.165, 1.54) is 6.07 Å². The summed E-state index contributed by atoms with van der Waals surface area (Å²) >= 11 is 0. The van der Waals surface area contributed by atoms with Crippen molar-refractivity contribution in [3.8, 4) is 0 Å². The molecule has 2 aliphatic rings. The number of ether oxygens (including phenoxy) is 1. The summed E-state index contributed by atoms with van der Waals surface area (Å²) in [5, 5.41) is 13.6. The topological polar surface area (TPSA) is 82.3 Å². The van der Waals surface area contributed by atoms with Crippen molar-refractivity contribution in [1.29, 1.82) is 0 Å². The fourth-order valence-electron chi connectivity index (χ4n) is 4.64. The van der Waals surface area contributed by atoms with Gasteiger partial charge in [0.05, 0.1) is 23.9 Å². The number of morpholine rings is 1. The Morgan fingerprint density at radius 3 is 2.88 bits per heavy atom. The average molecular weight is 468 g/mol. The Hall–Kier alpha value is -3.14. The van der Waals surface area contributed by atoms with E-state index in [1.807, 2.05) is 36.9 Å². The third-order valence-electron chi connectivity index (χ3n) is 6.69. The first-order chi connectivity index (χ1) is 16.3. The summed E-state index contributed by atoms with van der Waals surface area (Å²) in [6.45, 7) is 6.79. The van der Waals surface area contributed by atoms with Crippen molar-refractivity contribution in [2.45, 2.75) is 38.6 Å². The minimum Gasteiger partial charge on any atom is -0.371 e. The molecule has 0 radical (unpaired) electrons. The molecule has 0 bridgehead atoms. The first kappa shape index (κ1) is 22.6. The fraction of sp³-hybridized carbons (Fsp3) is 0.360. The largest absolute Gasteiger partial charge is 0.371 e. The number of nitrogens with zero attached hydrogens (tertiary/aromatic N) is 2. The smallest absolute Gasteiger partial charge is 0.256 e. The van der Waals surface area contributed by atoms with Crippen LogP contribution in [0, 0.1) is 11.6 Å². The number of aromatic nitrogens is 2. The minimum atomic E-state index is -0.862. The van der Waals surface area contributed by atoms with Crippen LogP contribution in [0.3, 0.4) is 0 Å². The Labute approximate surface area is 196 Å². The Kier molecular flexibility index (Phi) is 5.93. The van der Waals surface area contributed by atoms with E-state index in [2.05, 4.69) is 20.8 Å². The summed E-state index contributed by atoms with van der Waals surface area (Å²) in [4.78, 5) is 15.1. The third kappa shape index (κ3) is 4.11. The van der Waals surface area contributed by atoms with Gasteiger partial charge in [-0.05, 0) is 37.6 Å². The first-order valence-corrected chi connectivity index (χ1v) is 11.3. The lowest BCUT2D eigenvalue weighted by Gasteiger charge is -2.31. The second-order valence-corrected chi connectivity index (χ2v) is 9.20. The van der Waals surface area contributed by atoms with Crippen LogP contribution in [-0.4, -0.2) is 40.7 Å². The quantitative estimate of drug-likeness (QED) is 0.531. The summed E-state index contributed by atoms with van der Waals surface area (Å²) in [6, 6.07) is 11.6. The minimum absolute atomic E-state index is 0.0892. The second kappa shape index (κ2) is 8.90. The molecule has 1 unspecified atom stereocenters. The van der Waals surface area contributed by atoms with Crippen molar-refractivity contribution >= 4 is 11.7 Å². The molecule has 2 aromatic carbocycles. The maximum atomic E-state index is 14.3. The van der Waals surface area contributed by atoms with Gasteiger partial charge in [-0.25, -0.2) is 8.78 Å². The van der Waals surface area contributed by atoms with Crippen LogP contribution in [0.25, 0.3) is 0 Å². The molecule has 5 rings (SSSR count). The first-order valence-electron chi connectivity index (χ1n) is 11.3. The molecular weight excluding hydrogens is 440 g/mol. The summed E-state index contributed by atoms with van der Waals surface area (Å²) in [6.07, 6.45) is -0.0892. The van der Waals surface area contributed by atoms with Crippen LogP contribution < -0.4 is 10.6 Å². The Morgan fingerprint density at radius 2 is 2.09 bits per heavy atom. The van der Waals surface area contributed by atoms with Gasteiger partial charge in [-0.1, -0.05) is 24.3 Å². The lowest BCUT2D eigenvalue weighted by Crippen LogP contribution is -2.35. The van der Waals surface area contributed by atoms with Gasteiger partial charge in [0, 0.05) is 42.9 Å². The molecule has 0 spiro atoms. The van der Waals surface area contributed by atoms with Gasteiger partial charge in [0.25, 0.3) is 5.91 Å². The van der Waals surface area contributed by atoms with Crippen molar-refractivity contribution in [3.63, 3.8) is 0 Å². The van der Waals surface area contributed by atoms with Crippen molar-refractivity contribution in [2.75, 3.05) is 25.0 Å². The molecule has 1 atom stereocenters. The summed E-state index contributed by atoms with van der Waals surface area (Å²) in [7, 11) is 0. The maximum Gasteiger partial charge on any atom is 0.256 e. The molecule has 1 saturated heterocycles. The van der Waals surface area contributed by atoms with E-state index in [-0.39, 0.29) is 24.1 Å². The fourth-order valence-corrected chi connectivity index (χ4v) is 4.64. The molecule has 3 N–H and O–H groups in total. The highest BCUT2D eigenvalue weighted by molar-refractivity contribution is 6.04. The van der Waals surface area contributed by atoms with E-state index < -0.39 is 17.2 Å². The molecule has 0 aliphatic carbocycles. The number of benzene rings is 2. The molecule has 1 amide bonds. The normalized spacial score (nSPS) is 19.7. The third-order valence-corrected chi connectivity index (χ3v) is 6.69. The molecular formula is C25H27F2N5O2. The van der Waals surface area contributed by atoms with Gasteiger partial charge in [-0.2, -0.15) is 5.10 Å². The number of amides is 1. The standard InChI is InChI=1S/C25H27F2N5O2/c1-25(2)22-18(14-32(25)13-17-7-4-8-19(26)21(17)27)23(31-30-22)29-24(33)16-6-3-5-15(11-16)20-12-28-9-10-34-20/h3-8,11,20,28H,9-10,12-14H2,1-2H3,(H2,29,30,31,33). The summed E-state index contributed by atoms with van der Waals surface area (Å²) < 4.78 is 33.8. The highest BCUT2D eigenvalue weighted by Gasteiger charge is 2.41. The van der Waals surface area contributed by atoms with E-state index >= 15 is 0 Å². The Bertz CT molecular complexity index is 1220. The zero-order valence-electron chi connectivity index (χ0n) is 19.1. The summed E-state index contributed by atoms with van der Waals surface area (Å²) in [5.41, 5.74) is 2.92. The van der Waals surface area contributed by atoms with Crippen LogP contribution in [0.5, 0.6) is 0 Å². The molecule has 2 aliphatic heterocycles. The highest BCUT2D eigenvalue weighted by atomic mass is 19.2. The molecule has 9 heteroatoms. The number of rotatable bonds is 5. The number of carbonyl (C=O) groups excluding carboxylic acids is 1. The number of hydrogen-bond acceptors (Lipinski definition) is 5. The van der Waals surface area contributed by atoms with Crippen LogP contribution in [0.2, 0.25) is 0 Å². The van der Waals surface area contributed by atoms with Crippen molar-refractivity contribution in [2.24, 2.45) is 0 Å². The molecule has 178 valence electrons. The second-order valence-electron chi connectivity index (χ2n) is 9.20. The van der Waals surface area contributed by atoms with Crippen LogP contribution in [0.4, 0.5) is 14.6 Å². The van der Waals surface area contributed by atoms with E-state index in [1.54, 1.807) is 12.1 Å². The number of H-pyrrole nitrogens is 1. The van der Waals surface area contributed by atoms with Crippen molar-refractivity contribution < 1.29 is 18.3 Å². The van der Waals surface area contributed by atoms with Gasteiger partial charge in [-0.3, -0.25) is 14.8 Å². The number of aromatic amines is 1. The Balaban J connectivity index is 1.34. The van der Waals surface area contributed by atoms with Crippen LogP contribution in [0.15, 0.2) is 42.5 Å². The van der Waals surface area contributed by atoms with E-state index in [0.717, 1.165) is 29.4 Å². The molecule has 1 fully saturated rings. The molecule has 3 aromatic rings. The van der Waals surface area contributed by atoms with E-state index in [4.69, 9.17) is 4.74 Å². The average Bonchev–Trinajstić information content (AvgIpc) is 3.35. The van der Waals surface area contributed by atoms with E-state index in [0.29, 0.717) is 31.1 Å². The number of fused-ring (bicyclic) bond motifs is 1. The Morgan fingerprint density at radius 1 is 1.26 bits per heavy atom. The zero-order chi connectivity index (χ0) is 23.9. The molecule has 0 saturated carbocycles. The number of anilines is 1. The maximum absolute atomic E-state index is 14.3. The van der Waals surface area contributed by atoms with Gasteiger partial charge in [0.1, 0.15) is 0 Å². The summed E-state index contributed by atoms with van der Waals surface area (Å²) in [5.74, 6) is -1.53. The van der Waals surface area contributed by atoms with Gasteiger partial charge in [0.15, 0.2) is 17.5 Å². The van der Waals surface area contributed by atoms with E-state index in [9.17, 15) is 13.6 Å². The highest BCUT2D eigenvalue weighted by Crippen LogP contribution is 2.41. The lowest BCUT2D eigenvalue weighted by molar-refractivity contribution is 0.0277. The molecule has 34 heavy (non-hydrogen) atoms. The van der Waals surface area contributed by atoms with Gasteiger partial charge < -0.3 is 15.4 Å². The monoisotopic (exact) mass is 467 g/mol. The number of hydrogen-bond donors (Lipinski definition) is 3. The number of halogens is 2. The lowest BCUT2D eigenvalue weighted by atomic mass is 10.00. The van der Waals surface area contributed by atoms with Crippen LogP contribution >= 0.6 is 0 Å². The predicted molar refractivity (Wildman–Crippen MR) is 123 cm³/mol. The molecule has 3 heterocycles. The van der Waals surface area contributed by atoms with Gasteiger partial charge in [-0.15, -0.1) is 0 Å². The van der Waals surface area contributed by atoms with Gasteiger partial charge >= 0.3 is 0 Å². The number of nitrogens with one attached hydrogen (secondary N) is 3. The number of carbonyl (C=O) groups is 1. The SMILES string of the molecule is CC1(C)c2[nH]nc(NC(=O)c3cccc(C4CNCCO4)c3)c2CN1Cc1cccc(F)c1F. The van der Waals surface area contributed by atoms with Crippen molar-refractivity contribution in [3.05, 3.63) is 82.0 Å². The van der Waals surface area contributed by atoms with Crippen molar-refractivity contribution in [1.82, 2.24) is 20.4 Å². The van der Waals surface area contributed by atoms with Crippen LogP contribution in [-0.2, 0) is 23.4 Å². The van der Waals surface area contributed by atoms with Gasteiger partial charge in [0.2, 0.25) is 0 Å². The predicted octanol–water partition coefficient (Wildman–Crippen LogP) is 3.85. The van der Waals surface area contributed by atoms with Crippen LogP contribution in [0.1, 0.15) is 52.7 Å². The molecule has 7 nitrogen and oxygen atoms in total.